The van der Waals surface area contributed by atoms with Crippen molar-refractivity contribution < 1.29 is 14.3 Å². The van der Waals surface area contributed by atoms with Crippen LogP contribution in [0.15, 0.2) is 30.5 Å². The van der Waals surface area contributed by atoms with Gasteiger partial charge < -0.3 is 14.8 Å². The monoisotopic (exact) mass is 386 g/mol. The number of amides is 1. The Balaban J connectivity index is 1.79. The lowest BCUT2D eigenvalue weighted by molar-refractivity contribution is 0.0318. The van der Waals surface area contributed by atoms with Gasteiger partial charge in [-0.1, -0.05) is 26.0 Å². The highest BCUT2D eigenvalue weighted by molar-refractivity contribution is 5.96. The minimum Gasteiger partial charge on any atom is -0.476 e. The number of hydrogen-bond donors (Lipinski definition) is 1. The van der Waals surface area contributed by atoms with Crippen LogP contribution in [0.2, 0.25) is 0 Å². The molecule has 2 aromatic rings. The Morgan fingerprint density at radius 1 is 1.25 bits per heavy atom. The summed E-state index contributed by atoms with van der Waals surface area (Å²) in [7, 11) is 0. The van der Waals surface area contributed by atoms with Crippen molar-refractivity contribution in [2.24, 2.45) is 0 Å². The Bertz CT molecular complexity index is 764. The number of carbonyl (C=O) groups excluding carboxylic acids is 1. The normalized spacial score (nSPS) is 15.0. The molecule has 0 aliphatic carbocycles. The number of nitrogens with one attached hydrogen (secondary N) is 1. The van der Waals surface area contributed by atoms with Crippen LogP contribution in [-0.4, -0.2) is 66.6 Å². The Hall–Kier alpha value is -2.38. The van der Waals surface area contributed by atoms with E-state index >= 15 is 0 Å². The van der Waals surface area contributed by atoms with Crippen LogP contribution in [0, 0.1) is 0 Å². The first-order valence-electron chi connectivity index (χ1n) is 9.99. The van der Waals surface area contributed by atoms with Crippen LogP contribution in [0.3, 0.4) is 0 Å². The molecule has 7 heteroatoms. The lowest BCUT2D eigenvalue weighted by atomic mass is 10.0. The molecular weight excluding hydrogens is 356 g/mol. The molecule has 28 heavy (non-hydrogen) atoms. The van der Waals surface area contributed by atoms with Gasteiger partial charge in [-0.2, -0.15) is 5.10 Å². The molecule has 0 radical (unpaired) electrons. The summed E-state index contributed by atoms with van der Waals surface area (Å²) in [5.74, 6) is 0.771. The van der Waals surface area contributed by atoms with E-state index in [-0.39, 0.29) is 5.91 Å². The van der Waals surface area contributed by atoms with E-state index in [1.165, 1.54) is 5.56 Å². The number of hydrogen-bond acceptors (Lipinski definition) is 5. The minimum atomic E-state index is -0.172. The Labute approximate surface area is 166 Å². The second kappa shape index (κ2) is 9.71. The summed E-state index contributed by atoms with van der Waals surface area (Å²) in [6.07, 6.45) is 1.57. The summed E-state index contributed by atoms with van der Waals surface area (Å²) in [6, 6.07) is 8.20. The van der Waals surface area contributed by atoms with Crippen molar-refractivity contribution in [3.63, 3.8) is 0 Å². The van der Waals surface area contributed by atoms with Crippen LogP contribution in [0.4, 0.5) is 0 Å². The minimum absolute atomic E-state index is 0.172. The van der Waals surface area contributed by atoms with E-state index in [0.29, 0.717) is 30.5 Å². The summed E-state index contributed by atoms with van der Waals surface area (Å²) in [5.41, 5.74) is 2.59. The van der Waals surface area contributed by atoms with Crippen LogP contribution in [-0.2, 0) is 4.74 Å². The fraction of sp³-hybridized carbons (Fsp3) is 0.524. The molecule has 1 aromatic heterocycles. The van der Waals surface area contributed by atoms with Gasteiger partial charge in [0, 0.05) is 26.2 Å². The van der Waals surface area contributed by atoms with E-state index < -0.39 is 0 Å². The van der Waals surface area contributed by atoms with Gasteiger partial charge in [-0.15, -0.1) is 0 Å². The lowest BCUT2D eigenvalue weighted by Gasteiger charge is -2.26. The topological polar surface area (TPSA) is 68.6 Å². The number of benzene rings is 1. The molecule has 152 valence electrons. The number of nitrogens with zero attached hydrogens (tertiary/aromatic N) is 3. The smallest absolute Gasteiger partial charge is 0.258 e. The quantitative estimate of drug-likeness (QED) is 0.755. The van der Waals surface area contributed by atoms with Crippen molar-refractivity contribution in [2.75, 3.05) is 46.0 Å². The molecule has 7 nitrogen and oxygen atoms in total. The molecule has 1 N–H and O–H groups in total. The SMILES string of the molecule is CCNC(=O)c1cnn(-c2ccc(C(C)C)cc2)c1OCCN1CCOCC1. The van der Waals surface area contributed by atoms with Crippen LogP contribution in [0.1, 0.15) is 42.6 Å². The lowest BCUT2D eigenvalue weighted by Crippen LogP contribution is -2.38. The van der Waals surface area contributed by atoms with Gasteiger partial charge in [0.15, 0.2) is 0 Å². The molecule has 1 aliphatic heterocycles. The third-order valence-electron chi connectivity index (χ3n) is 4.86. The predicted octanol–water partition coefficient (Wildman–Crippen LogP) is 2.46. The first kappa shape index (κ1) is 20.4. The molecule has 0 bridgehead atoms. The molecule has 0 atom stereocenters. The number of rotatable bonds is 8. The number of ether oxygens (including phenoxy) is 2. The third-order valence-corrected chi connectivity index (χ3v) is 4.86. The van der Waals surface area contributed by atoms with Gasteiger partial charge in [-0.25, -0.2) is 4.68 Å². The van der Waals surface area contributed by atoms with E-state index in [2.05, 4.69) is 41.3 Å². The van der Waals surface area contributed by atoms with E-state index in [1.807, 2.05) is 19.1 Å². The second-order valence-corrected chi connectivity index (χ2v) is 7.18. The molecule has 3 rings (SSSR count). The van der Waals surface area contributed by atoms with Crippen LogP contribution in [0.25, 0.3) is 5.69 Å². The number of carbonyl (C=O) groups is 1. The van der Waals surface area contributed by atoms with Gasteiger partial charge in [0.05, 0.1) is 25.1 Å². The Morgan fingerprint density at radius 2 is 1.96 bits per heavy atom. The highest BCUT2D eigenvalue weighted by atomic mass is 16.5. The van der Waals surface area contributed by atoms with Gasteiger partial charge in [-0.3, -0.25) is 9.69 Å². The van der Waals surface area contributed by atoms with Gasteiger partial charge in [0.1, 0.15) is 12.2 Å². The zero-order chi connectivity index (χ0) is 19.9. The Kier molecular flexibility index (Phi) is 7.06. The maximum Gasteiger partial charge on any atom is 0.258 e. The largest absolute Gasteiger partial charge is 0.476 e. The Morgan fingerprint density at radius 3 is 2.61 bits per heavy atom. The van der Waals surface area contributed by atoms with Crippen LogP contribution < -0.4 is 10.1 Å². The first-order valence-corrected chi connectivity index (χ1v) is 9.99. The molecule has 1 amide bonds. The van der Waals surface area contributed by atoms with Crippen LogP contribution in [0.5, 0.6) is 5.88 Å². The molecule has 0 unspecified atom stereocenters. The average Bonchev–Trinajstić information content (AvgIpc) is 3.13. The standard InChI is InChI=1S/C21H30N4O3/c1-4-22-20(26)19-15-23-25(18-7-5-17(6-8-18)16(2)3)21(19)28-14-11-24-9-12-27-13-10-24/h5-8,15-16H,4,9-14H2,1-3H3,(H,22,26). The molecule has 1 saturated heterocycles. The molecule has 0 saturated carbocycles. The van der Waals surface area contributed by atoms with Crippen molar-refractivity contribution in [1.29, 1.82) is 0 Å². The van der Waals surface area contributed by atoms with E-state index in [4.69, 9.17) is 9.47 Å². The molecular formula is C21H30N4O3. The summed E-state index contributed by atoms with van der Waals surface area (Å²) in [4.78, 5) is 14.7. The van der Waals surface area contributed by atoms with E-state index in [0.717, 1.165) is 38.5 Å². The fourth-order valence-electron chi connectivity index (χ4n) is 3.17. The maximum absolute atomic E-state index is 12.4. The predicted molar refractivity (Wildman–Crippen MR) is 108 cm³/mol. The van der Waals surface area contributed by atoms with Crippen LogP contribution >= 0.6 is 0 Å². The number of morpholine rings is 1. The zero-order valence-electron chi connectivity index (χ0n) is 17.0. The average molecular weight is 386 g/mol. The van der Waals surface area contributed by atoms with Gasteiger partial charge in [0.25, 0.3) is 5.91 Å². The number of aromatic nitrogens is 2. The highest BCUT2D eigenvalue weighted by Gasteiger charge is 2.20. The summed E-state index contributed by atoms with van der Waals surface area (Å²) >= 11 is 0. The second-order valence-electron chi connectivity index (χ2n) is 7.18. The molecule has 1 aliphatic rings. The summed E-state index contributed by atoms with van der Waals surface area (Å²) in [5, 5.41) is 7.26. The zero-order valence-corrected chi connectivity index (χ0v) is 17.0. The van der Waals surface area contributed by atoms with Gasteiger partial charge in [-0.05, 0) is 30.5 Å². The maximum atomic E-state index is 12.4. The molecule has 0 spiro atoms. The fourth-order valence-corrected chi connectivity index (χ4v) is 3.17. The molecule has 1 fully saturated rings. The molecule has 2 heterocycles. The van der Waals surface area contributed by atoms with Gasteiger partial charge >= 0.3 is 0 Å². The highest BCUT2D eigenvalue weighted by Crippen LogP contribution is 2.24. The summed E-state index contributed by atoms with van der Waals surface area (Å²) < 4.78 is 13.2. The van der Waals surface area contributed by atoms with Crippen molar-refractivity contribution in [1.82, 2.24) is 20.0 Å². The van der Waals surface area contributed by atoms with Crippen molar-refractivity contribution in [3.8, 4) is 11.6 Å². The summed E-state index contributed by atoms with van der Waals surface area (Å²) in [6.45, 7) is 11.4. The third kappa shape index (κ3) is 4.91. The van der Waals surface area contributed by atoms with Crippen molar-refractivity contribution in [2.45, 2.75) is 26.7 Å². The van der Waals surface area contributed by atoms with E-state index in [1.54, 1.807) is 10.9 Å². The van der Waals surface area contributed by atoms with Crippen molar-refractivity contribution in [3.05, 3.63) is 41.6 Å². The molecule has 1 aromatic carbocycles. The van der Waals surface area contributed by atoms with Gasteiger partial charge in [0.2, 0.25) is 5.88 Å². The van der Waals surface area contributed by atoms with Crippen molar-refractivity contribution >= 4 is 5.91 Å². The van der Waals surface area contributed by atoms with E-state index in [9.17, 15) is 4.79 Å². The first-order chi connectivity index (χ1) is 13.6.